The zero-order chi connectivity index (χ0) is 7.58. The SMILES string of the molecule is NC(N)=O.[CH2-]C.[CH2-]C.[Co+2]. The van der Waals surface area contributed by atoms with E-state index in [1.54, 1.807) is 13.8 Å². The Kier molecular flexibility index (Phi) is 120. The van der Waals surface area contributed by atoms with Crippen molar-refractivity contribution in [1.82, 2.24) is 0 Å². The van der Waals surface area contributed by atoms with Crippen LogP contribution in [0.15, 0.2) is 0 Å². The van der Waals surface area contributed by atoms with Gasteiger partial charge in [-0.3, -0.25) is 0 Å². The molecule has 0 heterocycles. The normalized spacial score (nSPS) is 4.00. The van der Waals surface area contributed by atoms with Crippen LogP contribution < -0.4 is 11.5 Å². The monoisotopic (exact) mass is 177 g/mol. The number of amides is 2. The summed E-state index contributed by atoms with van der Waals surface area (Å²) in [6.07, 6.45) is 0. The molecule has 0 bridgehead atoms. The van der Waals surface area contributed by atoms with Crippen molar-refractivity contribution >= 4 is 6.03 Å². The van der Waals surface area contributed by atoms with Gasteiger partial charge in [0.25, 0.3) is 0 Å². The Morgan fingerprint density at radius 1 is 1.11 bits per heavy atom. The van der Waals surface area contributed by atoms with Gasteiger partial charge in [-0.15, -0.1) is 0 Å². The molecule has 0 atom stereocenters. The molecule has 2 amide bonds. The number of primary amides is 2. The Morgan fingerprint density at radius 3 is 1.11 bits per heavy atom. The molecule has 3 nitrogen and oxygen atoms in total. The van der Waals surface area contributed by atoms with Crippen molar-refractivity contribution in [2.75, 3.05) is 0 Å². The number of nitrogens with two attached hydrogens (primary N) is 2. The van der Waals surface area contributed by atoms with Crippen molar-refractivity contribution < 1.29 is 21.6 Å². The molecule has 0 saturated heterocycles. The molecular weight excluding hydrogens is 163 g/mol. The Bertz CT molecular complexity index is 37.9. The third-order valence-corrected chi connectivity index (χ3v) is 0. The second-order valence-corrected chi connectivity index (χ2v) is 0.402. The Labute approximate surface area is 67.4 Å². The minimum atomic E-state index is -0.833. The molecule has 0 aliphatic rings. The van der Waals surface area contributed by atoms with Gasteiger partial charge < -0.3 is 25.3 Å². The summed E-state index contributed by atoms with van der Waals surface area (Å²) >= 11 is 0. The van der Waals surface area contributed by atoms with E-state index in [-0.39, 0.29) is 16.8 Å². The zero-order valence-electron chi connectivity index (χ0n) is 5.81. The fourth-order valence-corrected chi connectivity index (χ4v) is 0. The average Bonchev–Trinajstić information content (AvgIpc) is 1.75. The zero-order valence-corrected chi connectivity index (χ0v) is 6.85. The summed E-state index contributed by atoms with van der Waals surface area (Å²) in [4.78, 5) is 9.00. The summed E-state index contributed by atoms with van der Waals surface area (Å²) in [7, 11) is 0. The number of urea groups is 1. The first-order valence-electron chi connectivity index (χ1n) is 2.20. The van der Waals surface area contributed by atoms with E-state index in [2.05, 4.69) is 25.3 Å². The maximum atomic E-state index is 9.00. The van der Waals surface area contributed by atoms with E-state index in [1.807, 2.05) is 0 Å². The summed E-state index contributed by atoms with van der Waals surface area (Å²) < 4.78 is 0. The molecule has 59 valence electrons. The molecule has 4 N–H and O–H groups in total. The second kappa shape index (κ2) is 46.3. The fraction of sp³-hybridized carbons (Fsp3) is 0.400. The van der Waals surface area contributed by atoms with Crippen LogP contribution in [0.4, 0.5) is 4.79 Å². The molecule has 0 aromatic heterocycles. The van der Waals surface area contributed by atoms with Crippen LogP contribution in [0.25, 0.3) is 0 Å². The smallest absolute Gasteiger partial charge is 0.352 e. The first kappa shape index (κ1) is 23.3. The quantitative estimate of drug-likeness (QED) is 0.525. The molecule has 0 saturated carbocycles. The van der Waals surface area contributed by atoms with Crippen molar-refractivity contribution in [1.29, 1.82) is 0 Å². The van der Waals surface area contributed by atoms with Gasteiger partial charge in [-0.2, -0.15) is 13.8 Å². The van der Waals surface area contributed by atoms with Crippen molar-refractivity contribution in [2.45, 2.75) is 13.8 Å². The third-order valence-electron chi connectivity index (χ3n) is 0. The third kappa shape index (κ3) is 5190. The van der Waals surface area contributed by atoms with Gasteiger partial charge in [0.1, 0.15) is 0 Å². The summed E-state index contributed by atoms with van der Waals surface area (Å²) in [5.74, 6) is 0. The molecule has 0 spiro atoms. The van der Waals surface area contributed by atoms with Gasteiger partial charge in [0.2, 0.25) is 0 Å². The first-order valence-corrected chi connectivity index (χ1v) is 2.20. The van der Waals surface area contributed by atoms with Gasteiger partial charge >= 0.3 is 22.8 Å². The van der Waals surface area contributed by atoms with Crippen LogP contribution >= 0.6 is 0 Å². The van der Waals surface area contributed by atoms with Gasteiger partial charge in [0.05, 0.1) is 0 Å². The first-order chi connectivity index (χ1) is 3.73. The molecule has 0 fully saturated rings. The minimum Gasteiger partial charge on any atom is -0.352 e. The van der Waals surface area contributed by atoms with E-state index >= 15 is 0 Å². The van der Waals surface area contributed by atoms with Gasteiger partial charge in [-0.05, 0) is 0 Å². The predicted molar refractivity (Wildman–Crippen MR) is 35.8 cm³/mol. The van der Waals surface area contributed by atoms with Crippen molar-refractivity contribution in [3.8, 4) is 0 Å². The molecule has 0 aromatic carbocycles. The standard InChI is InChI=1S/2C2H5.CH4N2O.Co/c2*1-2;2-1(3)4;/h2*1H2,2H3;(H4,2,3,4);/q2*-1;;+2. The minimum absolute atomic E-state index is 0. The summed E-state index contributed by atoms with van der Waals surface area (Å²) in [5.41, 5.74) is 8.50. The van der Waals surface area contributed by atoms with Gasteiger partial charge in [-0.1, -0.05) is 0 Å². The van der Waals surface area contributed by atoms with Crippen LogP contribution in [0.2, 0.25) is 0 Å². The van der Waals surface area contributed by atoms with Gasteiger partial charge in [0, 0.05) is 0 Å². The molecule has 1 radical (unpaired) electrons. The van der Waals surface area contributed by atoms with Crippen molar-refractivity contribution in [3.05, 3.63) is 13.8 Å². The molecular formula is C5H14CoN2O. The summed E-state index contributed by atoms with van der Waals surface area (Å²) in [5, 5.41) is 0. The van der Waals surface area contributed by atoms with Crippen LogP contribution in [0.5, 0.6) is 0 Å². The van der Waals surface area contributed by atoms with E-state index in [1.165, 1.54) is 0 Å². The van der Waals surface area contributed by atoms with E-state index in [0.717, 1.165) is 0 Å². The molecule has 0 aliphatic heterocycles. The molecule has 0 rings (SSSR count). The van der Waals surface area contributed by atoms with E-state index in [4.69, 9.17) is 4.79 Å². The number of hydrogen-bond acceptors (Lipinski definition) is 1. The van der Waals surface area contributed by atoms with Crippen LogP contribution in [0, 0.1) is 13.8 Å². The number of hydrogen-bond donors (Lipinski definition) is 2. The van der Waals surface area contributed by atoms with Crippen molar-refractivity contribution in [2.24, 2.45) is 11.5 Å². The maximum Gasteiger partial charge on any atom is 2.00 e. The summed E-state index contributed by atoms with van der Waals surface area (Å²) in [6, 6.07) is -0.833. The van der Waals surface area contributed by atoms with Crippen LogP contribution in [0.1, 0.15) is 13.8 Å². The molecule has 0 unspecified atom stereocenters. The maximum absolute atomic E-state index is 9.00. The Balaban J connectivity index is -0.0000000221. The van der Waals surface area contributed by atoms with Gasteiger partial charge in [0.15, 0.2) is 0 Å². The van der Waals surface area contributed by atoms with Crippen LogP contribution in [-0.4, -0.2) is 6.03 Å². The predicted octanol–water partition coefficient (Wildman–Crippen LogP) is 0.702. The average molecular weight is 177 g/mol. The molecule has 0 aliphatic carbocycles. The fourth-order valence-electron chi connectivity index (χ4n) is 0. The summed E-state index contributed by atoms with van der Waals surface area (Å²) in [6.45, 7) is 10.0. The Hall–Kier alpha value is -0.224. The molecule has 4 heteroatoms. The molecule has 9 heavy (non-hydrogen) atoms. The van der Waals surface area contributed by atoms with Crippen LogP contribution in [-0.2, 0) is 16.8 Å². The topological polar surface area (TPSA) is 69.1 Å². The van der Waals surface area contributed by atoms with Gasteiger partial charge in [-0.25, -0.2) is 4.79 Å². The largest absolute Gasteiger partial charge is 2.00 e. The molecule has 0 aromatic rings. The van der Waals surface area contributed by atoms with E-state index in [9.17, 15) is 0 Å². The van der Waals surface area contributed by atoms with Crippen LogP contribution in [0.3, 0.4) is 0 Å². The van der Waals surface area contributed by atoms with Crippen molar-refractivity contribution in [3.63, 3.8) is 0 Å². The Morgan fingerprint density at radius 2 is 1.11 bits per heavy atom. The number of rotatable bonds is 0. The number of carbonyl (C=O) groups excluding carboxylic acids is 1. The van der Waals surface area contributed by atoms with E-state index < -0.39 is 6.03 Å². The second-order valence-electron chi connectivity index (χ2n) is 0.402. The van der Waals surface area contributed by atoms with E-state index in [0.29, 0.717) is 0 Å². The number of carbonyl (C=O) groups is 1.